The van der Waals surface area contributed by atoms with Crippen molar-refractivity contribution in [1.29, 1.82) is 0 Å². The summed E-state index contributed by atoms with van der Waals surface area (Å²) in [6.07, 6.45) is 2.74. The highest BCUT2D eigenvalue weighted by molar-refractivity contribution is 5.88. The molecule has 0 saturated carbocycles. The number of carboxylic acid groups (broad SMARTS) is 1. The molecule has 0 heterocycles. The smallest absolute Gasteiger partial charge is 0.326 e. The monoisotopic (exact) mass is 275 g/mol. The van der Waals surface area contributed by atoms with E-state index in [-0.39, 0.29) is 17.7 Å². The molecule has 0 saturated heterocycles. The Bertz CT molecular complexity index is 510. The highest BCUT2D eigenvalue weighted by Crippen LogP contribution is 2.31. The van der Waals surface area contributed by atoms with Gasteiger partial charge in [0.1, 0.15) is 6.04 Å². The van der Waals surface area contributed by atoms with Crippen molar-refractivity contribution in [3.63, 3.8) is 0 Å². The number of carboxylic acids is 1. The second-order valence-electron chi connectivity index (χ2n) is 5.71. The van der Waals surface area contributed by atoms with Crippen molar-refractivity contribution < 1.29 is 14.7 Å². The van der Waals surface area contributed by atoms with Crippen molar-refractivity contribution in [2.24, 2.45) is 5.92 Å². The Morgan fingerprint density at radius 1 is 1.30 bits per heavy atom. The Morgan fingerprint density at radius 2 is 2.00 bits per heavy atom. The van der Waals surface area contributed by atoms with E-state index in [1.807, 2.05) is 24.3 Å². The van der Waals surface area contributed by atoms with Gasteiger partial charge >= 0.3 is 5.97 Å². The first kappa shape index (κ1) is 14.6. The number of nitrogens with one attached hydrogen (secondary N) is 1. The van der Waals surface area contributed by atoms with Crippen LogP contribution in [0.2, 0.25) is 0 Å². The minimum atomic E-state index is -0.975. The van der Waals surface area contributed by atoms with Crippen LogP contribution in [-0.4, -0.2) is 23.0 Å². The number of fused-ring (bicyclic) bond motifs is 1. The number of aliphatic carboxylic acids is 1. The van der Waals surface area contributed by atoms with Crippen LogP contribution in [0.1, 0.15) is 43.7 Å². The molecule has 0 aliphatic heterocycles. The highest BCUT2D eigenvalue weighted by Gasteiger charge is 2.30. The molecule has 0 bridgehead atoms. The van der Waals surface area contributed by atoms with Gasteiger partial charge in [-0.1, -0.05) is 38.1 Å². The SMILES string of the molecule is CC(C)C(NC(=O)C1CCCc2ccccc21)C(=O)O. The average Bonchev–Trinajstić information content (AvgIpc) is 2.43. The van der Waals surface area contributed by atoms with Crippen molar-refractivity contribution in [2.75, 3.05) is 0 Å². The predicted molar refractivity (Wildman–Crippen MR) is 76.5 cm³/mol. The third-order valence-corrected chi connectivity index (χ3v) is 3.92. The van der Waals surface area contributed by atoms with E-state index in [0.29, 0.717) is 0 Å². The van der Waals surface area contributed by atoms with E-state index in [9.17, 15) is 14.7 Å². The van der Waals surface area contributed by atoms with Gasteiger partial charge in [-0.2, -0.15) is 0 Å². The van der Waals surface area contributed by atoms with E-state index in [2.05, 4.69) is 5.32 Å². The summed E-state index contributed by atoms with van der Waals surface area (Å²) >= 11 is 0. The fourth-order valence-electron chi connectivity index (χ4n) is 2.79. The molecule has 1 aromatic carbocycles. The van der Waals surface area contributed by atoms with E-state index in [1.165, 1.54) is 5.56 Å². The molecule has 1 aliphatic rings. The third kappa shape index (κ3) is 3.00. The van der Waals surface area contributed by atoms with Gasteiger partial charge in [-0.3, -0.25) is 4.79 Å². The molecular formula is C16H21NO3. The predicted octanol–water partition coefficient (Wildman–Crippen LogP) is 2.33. The summed E-state index contributed by atoms with van der Waals surface area (Å²) in [5, 5.41) is 11.9. The van der Waals surface area contributed by atoms with Crippen LogP contribution in [-0.2, 0) is 16.0 Å². The van der Waals surface area contributed by atoms with Gasteiger partial charge in [0.2, 0.25) is 5.91 Å². The fourth-order valence-corrected chi connectivity index (χ4v) is 2.79. The minimum Gasteiger partial charge on any atom is -0.480 e. The first-order valence-corrected chi connectivity index (χ1v) is 7.11. The first-order valence-electron chi connectivity index (χ1n) is 7.11. The molecule has 2 rings (SSSR count). The largest absolute Gasteiger partial charge is 0.480 e. The van der Waals surface area contributed by atoms with Crippen LogP contribution in [0.15, 0.2) is 24.3 Å². The highest BCUT2D eigenvalue weighted by atomic mass is 16.4. The number of rotatable bonds is 4. The maximum Gasteiger partial charge on any atom is 0.326 e. The first-order chi connectivity index (χ1) is 9.50. The average molecular weight is 275 g/mol. The van der Waals surface area contributed by atoms with Gasteiger partial charge in [0.25, 0.3) is 0 Å². The van der Waals surface area contributed by atoms with Crippen molar-refractivity contribution in [2.45, 2.75) is 45.1 Å². The lowest BCUT2D eigenvalue weighted by Crippen LogP contribution is -2.46. The van der Waals surface area contributed by atoms with Crippen molar-refractivity contribution >= 4 is 11.9 Å². The molecule has 4 nitrogen and oxygen atoms in total. The number of carbonyl (C=O) groups is 2. The van der Waals surface area contributed by atoms with E-state index in [0.717, 1.165) is 24.8 Å². The molecule has 0 spiro atoms. The molecule has 0 aromatic heterocycles. The van der Waals surface area contributed by atoms with Crippen molar-refractivity contribution in [3.05, 3.63) is 35.4 Å². The molecule has 4 heteroatoms. The zero-order chi connectivity index (χ0) is 14.7. The van der Waals surface area contributed by atoms with Crippen molar-refractivity contribution in [1.82, 2.24) is 5.32 Å². The van der Waals surface area contributed by atoms with Gasteiger partial charge in [0, 0.05) is 0 Å². The molecule has 1 aliphatic carbocycles. The molecule has 1 aromatic rings. The standard InChI is InChI=1S/C16H21NO3/c1-10(2)14(16(19)20)17-15(18)13-9-5-7-11-6-3-4-8-12(11)13/h3-4,6,8,10,13-14H,5,7,9H2,1-2H3,(H,17,18)(H,19,20). The van der Waals surface area contributed by atoms with Gasteiger partial charge in [-0.25, -0.2) is 4.79 Å². The number of hydrogen-bond acceptors (Lipinski definition) is 2. The molecule has 0 radical (unpaired) electrons. The molecule has 1 amide bonds. The third-order valence-electron chi connectivity index (χ3n) is 3.92. The lowest BCUT2D eigenvalue weighted by atomic mass is 9.82. The Labute approximate surface area is 119 Å². The zero-order valence-electron chi connectivity index (χ0n) is 11.9. The molecular weight excluding hydrogens is 254 g/mol. The Morgan fingerprint density at radius 3 is 2.65 bits per heavy atom. The summed E-state index contributed by atoms with van der Waals surface area (Å²) in [6.45, 7) is 3.60. The maximum atomic E-state index is 12.4. The number of carbonyl (C=O) groups excluding carboxylic acids is 1. The van der Waals surface area contributed by atoms with Crippen LogP contribution in [0.4, 0.5) is 0 Å². The van der Waals surface area contributed by atoms with Crippen LogP contribution >= 0.6 is 0 Å². The number of benzene rings is 1. The molecule has 2 N–H and O–H groups in total. The molecule has 0 fully saturated rings. The van der Waals surface area contributed by atoms with Gasteiger partial charge in [-0.15, -0.1) is 0 Å². The number of amides is 1. The summed E-state index contributed by atoms with van der Waals surface area (Å²) in [5.74, 6) is -1.49. The normalized spacial score (nSPS) is 19.2. The second-order valence-corrected chi connectivity index (χ2v) is 5.71. The number of hydrogen-bond donors (Lipinski definition) is 2. The number of aryl methyl sites for hydroxylation is 1. The lowest BCUT2D eigenvalue weighted by molar-refractivity contribution is -0.143. The molecule has 2 atom stereocenters. The van der Waals surface area contributed by atoms with Crippen LogP contribution in [0.3, 0.4) is 0 Å². The van der Waals surface area contributed by atoms with Crippen LogP contribution in [0, 0.1) is 5.92 Å². The van der Waals surface area contributed by atoms with Gasteiger partial charge < -0.3 is 10.4 Å². The minimum absolute atomic E-state index is 0.129. The lowest BCUT2D eigenvalue weighted by Gasteiger charge is -2.27. The summed E-state index contributed by atoms with van der Waals surface area (Å²) in [7, 11) is 0. The maximum absolute atomic E-state index is 12.4. The van der Waals surface area contributed by atoms with Crippen molar-refractivity contribution in [3.8, 4) is 0 Å². The topological polar surface area (TPSA) is 66.4 Å². The van der Waals surface area contributed by atoms with Gasteiger partial charge in [-0.05, 0) is 36.3 Å². The summed E-state index contributed by atoms with van der Waals surface area (Å²) in [6, 6.07) is 7.11. The Kier molecular flexibility index (Phi) is 4.42. The molecule has 108 valence electrons. The molecule has 2 unspecified atom stereocenters. The van der Waals surface area contributed by atoms with E-state index in [4.69, 9.17) is 0 Å². The van der Waals surface area contributed by atoms with Crippen LogP contribution in [0.25, 0.3) is 0 Å². The van der Waals surface area contributed by atoms with Gasteiger partial charge in [0.15, 0.2) is 0 Å². The zero-order valence-corrected chi connectivity index (χ0v) is 11.9. The Hall–Kier alpha value is -1.84. The van der Waals surface area contributed by atoms with Gasteiger partial charge in [0.05, 0.1) is 5.92 Å². The molecule has 20 heavy (non-hydrogen) atoms. The second kappa shape index (κ2) is 6.07. The van der Waals surface area contributed by atoms with Crippen LogP contribution in [0.5, 0.6) is 0 Å². The fraction of sp³-hybridized carbons (Fsp3) is 0.500. The van der Waals surface area contributed by atoms with E-state index >= 15 is 0 Å². The summed E-state index contributed by atoms with van der Waals surface area (Å²) in [5.41, 5.74) is 2.25. The summed E-state index contributed by atoms with van der Waals surface area (Å²) < 4.78 is 0. The quantitative estimate of drug-likeness (QED) is 0.886. The Balaban J connectivity index is 2.16. The van der Waals surface area contributed by atoms with E-state index < -0.39 is 12.0 Å². The van der Waals surface area contributed by atoms with Crippen LogP contribution < -0.4 is 5.32 Å². The summed E-state index contributed by atoms with van der Waals surface area (Å²) in [4.78, 5) is 23.6. The van der Waals surface area contributed by atoms with E-state index in [1.54, 1.807) is 13.8 Å².